The van der Waals surface area contributed by atoms with E-state index in [-0.39, 0.29) is 18.1 Å². The third-order valence-corrected chi connectivity index (χ3v) is 3.45. The first kappa shape index (κ1) is 13.8. The fourth-order valence-electron chi connectivity index (χ4n) is 1.89. The molecule has 2 rings (SSSR count). The summed E-state index contributed by atoms with van der Waals surface area (Å²) in [7, 11) is 0. The summed E-state index contributed by atoms with van der Waals surface area (Å²) < 4.78 is 5.27. The summed E-state index contributed by atoms with van der Waals surface area (Å²) in [4.78, 5) is 15.9. The average Bonchev–Trinajstić information content (AvgIpc) is 3.17. The predicted octanol–water partition coefficient (Wildman–Crippen LogP) is 3.09. The zero-order valence-corrected chi connectivity index (χ0v) is 11.8. The molecule has 1 aromatic rings. The number of hydrogen-bond donors (Lipinski definition) is 0. The maximum atomic E-state index is 11.7. The lowest BCUT2D eigenvalue weighted by Crippen LogP contribution is -2.21. The normalized spacial score (nSPS) is 18.7. The highest BCUT2D eigenvalue weighted by molar-refractivity contribution is 6.16. The van der Waals surface area contributed by atoms with Crippen LogP contribution in [0.2, 0.25) is 0 Å². The van der Waals surface area contributed by atoms with Crippen molar-refractivity contribution in [2.45, 2.75) is 52.2 Å². The summed E-state index contributed by atoms with van der Waals surface area (Å²) in [6, 6.07) is 8.19. The van der Waals surface area contributed by atoms with Crippen molar-refractivity contribution < 1.29 is 9.53 Å². The van der Waals surface area contributed by atoms with Crippen LogP contribution < -0.4 is 0 Å². The molecule has 0 saturated carbocycles. The summed E-state index contributed by atoms with van der Waals surface area (Å²) >= 11 is 0. The Balaban J connectivity index is 1.73. The van der Waals surface area contributed by atoms with Crippen LogP contribution in [0.3, 0.4) is 0 Å². The molecule has 0 bridgehead atoms. The molecule has 1 aliphatic heterocycles. The highest BCUT2D eigenvalue weighted by Gasteiger charge is 2.36. The smallest absolute Gasteiger partial charge is 0.337 e. The Morgan fingerprint density at radius 1 is 1.32 bits per heavy atom. The number of carbonyl (C=O) groups excluding carboxylic acids is 1. The van der Waals surface area contributed by atoms with Gasteiger partial charge in [0.05, 0.1) is 11.8 Å². The second-order valence-corrected chi connectivity index (χ2v) is 5.16. The Morgan fingerprint density at radius 2 is 2.00 bits per heavy atom. The van der Waals surface area contributed by atoms with Gasteiger partial charge in [0.1, 0.15) is 0 Å². The molecule has 0 amide bonds. The van der Waals surface area contributed by atoms with Crippen molar-refractivity contribution in [3.05, 3.63) is 35.4 Å². The minimum absolute atomic E-state index is 0.0124. The molecule has 102 valence electrons. The highest BCUT2D eigenvalue weighted by atomic mass is 16.5. The zero-order valence-electron chi connectivity index (χ0n) is 11.8. The van der Waals surface area contributed by atoms with Crippen LogP contribution >= 0.6 is 0 Å². The van der Waals surface area contributed by atoms with Gasteiger partial charge in [-0.2, -0.15) is 0 Å². The molecule has 0 radical (unpaired) electrons. The quantitative estimate of drug-likeness (QED) is 0.736. The number of aliphatic imine (C=N–C) groups is 1. The van der Waals surface area contributed by atoms with E-state index >= 15 is 0 Å². The number of benzene rings is 1. The van der Waals surface area contributed by atoms with Gasteiger partial charge < -0.3 is 4.74 Å². The van der Waals surface area contributed by atoms with Crippen molar-refractivity contribution in [3.63, 3.8) is 0 Å². The van der Waals surface area contributed by atoms with Gasteiger partial charge >= 0.3 is 5.97 Å². The number of aryl methyl sites for hydroxylation is 2. The lowest BCUT2D eigenvalue weighted by atomic mass is 10.1. The van der Waals surface area contributed by atoms with Gasteiger partial charge in [-0.25, -0.2) is 4.79 Å². The summed E-state index contributed by atoms with van der Waals surface area (Å²) in [5.74, 6) is -0.187. The van der Waals surface area contributed by atoms with Gasteiger partial charge in [-0.05, 0) is 38.7 Å². The molecule has 0 spiro atoms. The Bertz CT molecular complexity index is 476. The number of rotatable bonds is 6. The Morgan fingerprint density at radius 3 is 2.63 bits per heavy atom. The van der Waals surface area contributed by atoms with E-state index < -0.39 is 0 Å². The molecule has 3 heteroatoms. The molecule has 1 heterocycles. The van der Waals surface area contributed by atoms with Gasteiger partial charge in [-0.15, -0.1) is 0 Å². The van der Waals surface area contributed by atoms with Crippen LogP contribution in [-0.4, -0.2) is 23.8 Å². The van der Waals surface area contributed by atoms with E-state index in [2.05, 4.69) is 36.2 Å². The predicted molar refractivity (Wildman–Crippen MR) is 76.6 cm³/mol. The lowest BCUT2D eigenvalue weighted by Gasteiger charge is -2.09. The van der Waals surface area contributed by atoms with Gasteiger partial charge in [0.15, 0.2) is 6.04 Å². The summed E-state index contributed by atoms with van der Waals surface area (Å²) in [5, 5.41) is 0. The fraction of sp³-hybridized carbons (Fsp3) is 0.500. The highest BCUT2D eigenvalue weighted by Crippen LogP contribution is 2.20. The van der Waals surface area contributed by atoms with Crippen molar-refractivity contribution in [1.29, 1.82) is 0 Å². The van der Waals surface area contributed by atoms with Crippen molar-refractivity contribution >= 4 is 11.7 Å². The maximum absolute atomic E-state index is 11.7. The average molecular weight is 259 g/mol. The zero-order chi connectivity index (χ0) is 13.8. The first-order valence-electron chi connectivity index (χ1n) is 6.92. The number of esters is 1. The molecule has 19 heavy (non-hydrogen) atoms. The van der Waals surface area contributed by atoms with E-state index in [1.165, 1.54) is 11.1 Å². The molecule has 2 atom stereocenters. The summed E-state index contributed by atoms with van der Waals surface area (Å²) in [6.45, 7) is 5.99. The Labute approximate surface area is 114 Å². The molecule has 0 saturated heterocycles. The molecule has 0 aliphatic carbocycles. The van der Waals surface area contributed by atoms with E-state index in [0.29, 0.717) is 0 Å². The maximum Gasteiger partial charge on any atom is 0.337 e. The van der Waals surface area contributed by atoms with Crippen LogP contribution in [0, 0.1) is 6.92 Å². The van der Waals surface area contributed by atoms with Gasteiger partial charge in [-0.1, -0.05) is 36.8 Å². The molecular weight excluding hydrogens is 238 g/mol. The van der Waals surface area contributed by atoms with E-state index in [4.69, 9.17) is 4.74 Å². The number of carbonyl (C=O) groups is 1. The molecule has 1 aliphatic rings. The van der Waals surface area contributed by atoms with Gasteiger partial charge in [-0.3, -0.25) is 4.99 Å². The monoisotopic (exact) mass is 259 g/mol. The molecule has 0 fully saturated rings. The van der Waals surface area contributed by atoms with E-state index in [1.807, 2.05) is 13.8 Å². The van der Waals surface area contributed by atoms with Crippen molar-refractivity contribution in [2.75, 3.05) is 0 Å². The van der Waals surface area contributed by atoms with Crippen LogP contribution in [0.4, 0.5) is 0 Å². The second-order valence-electron chi connectivity index (χ2n) is 5.16. The first-order valence-corrected chi connectivity index (χ1v) is 6.92. The third-order valence-electron chi connectivity index (χ3n) is 3.45. The topological polar surface area (TPSA) is 38.7 Å². The van der Waals surface area contributed by atoms with Crippen LogP contribution in [0.25, 0.3) is 0 Å². The Hall–Kier alpha value is -1.64. The van der Waals surface area contributed by atoms with E-state index in [9.17, 15) is 4.79 Å². The molecular formula is C16H21NO2. The molecule has 0 N–H and O–H groups in total. The largest absolute Gasteiger partial charge is 0.461 e. The summed E-state index contributed by atoms with van der Waals surface area (Å²) in [6.07, 6.45) is 2.62. The van der Waals surface area contributed by atoms with E-state index in [0.717, 1.165) is 25.0 Å². The minimum atomic E-state index is -0.292. The minimum Gasteiger partial charge on any atom is -0.461 e. The number of nitrogens with zero attached hydrogens (tertiary/aromatic N) is 1. The van der Waals surface area contributed by atoms with E-state index in [1.54, 1.807) is 0 Å². The van der Waals surface area contributed by atoms with Crippen molar-refractivity contribution in [2.24, 2.45) is 4.99 Å². The molecule has 1 aromatic carbocycles. The number of hydrogen-bond acceptors (Lipinski definition) is 3. The summed E-state index contributed by atoms with van der Waals surface area (Å²) in [5.41, 5.74) is 3.53. The van der Waals surface area contributed by atoms with Gasteiger partial charge in [0.25, 0.3) is 0 Å². The lowest BCUT2D eigenvalue weighted by molar-refractivity contribution is -0.147. The SMILES string of the molecule is CCC(C)OC(=O)C1N=C1CCc1ccc(C)cc1. The molecule has 3 nitrogen and oxygen atoms in total. The van der Waals surface area contributed by atoms with Crippen LogP contribution in [0.5, 0.6) is 0 Å². The van der Waals surface area contributed by atoms with Crippen molar-refractivity contribution in [3.8, 4) is 0 Å². The van der Waals surface area contributed by atoms with Gasteiger partial charge in [0, 0.05) is 0 Å². The molecule has 2 unspecified atom stereocenters. The fourth-order valence-corrected chi connectivity index (χ4v) is 1.89. The van der Waals surface area contributed by atoms with Crippen LogP contribution in [-0.2, 0) is 16.0 Å². The standard InChI is InChI=1S/C16H21NO2/c1-4-12(3)19-16(18)15-14(17-15)10-9-13-7-5-11(2)6-8-13/h5-8,12,15H,4,9-10H2,1-3H3. The van der Waals surface area contributed by atoms with Crippen molar-refractivity contribution in [1.82, 2.24) is 0 Å². The number of ether oxygens (including phenoxy) is 1. The van der Waals surface area contributed by atoms with Gasteiger partial charge in [0.2, 0.25) is 0 Å². The first-order chi connectivity index (χ1) is 9.10. The third kappa shape index (κ3) is 3.91. The Kier molecular flexibility index (Phi) is 4.35. The van der Waals surface area contributed by atoms with Crippen LogP contribution in [0.15, 0.2) is 29.3 Å². The van der Waals surface area contributed by atoms with Crippen LogP contribution in [0.1, 0.15) is 37.8 Å². The molecule has 0 aromatic heterocycles. The second kappa shape index (κ2) is 6.00.